The van der Waals surface area contributed by atoms with Crippen molar-refractivity contribution in [2.45, 2.75) is 121 Å². The Labute approximate surface area is 501 Å². The van der Waals surface area contributed by atoms with Crippen LogP contribution in [0, 0.1) is 5.41 Å². The van der Waals surface area contributed by atoms with Gasteiger partial charge in [0, 0.05) is 83.9 Å². The zero-order chi connectivity index (χ0) is 64.6. The van der Waals surface area contributed by atoms with Gasteiger partial charge in [-0.25, -0.2) is 26.9 Å². The summed E-state index contributed by atoms with van der Waals surface area (Å²) in [7, 11) is -26.7. The molecule has 28 nitrogen and oxygen atoms in total. The zero-order valence-corrected chi connectivity index (χ0v) is 52.8. The maximum atomic E-state index is 13.4. The number of aromatic nitrogens is 2. The molecule has 7 rings (SSSR count). The van der Waals surface area contributed by atoms with Crippen molar-refractivity contribution in [1.29, 1.82) is 0 Å². The van der Waals surface area contributed by atoms with Crippen LogP contribution in [-0.2, 0) is 62.0 Å². The number of anilines is 1. The lowest BCUT2D eigenvalue weighted by Gasteiger charge is -2.43. The van der Waals surface area contributed by atoms with Gasteiger partial charge in [-0.1, -0.05) is 63.3 Å². The number of hydrogen-bond donors (Lipinski definition) is 9. The minimum absolute atomic E-state index is 0.00994. The molecule has 3 unspecified atom stereocenters. The Morgan fingerprint density at radius 1 is 0.943 bits per heavy atom. The van der Waals surface area contributed by atoms with E-state index in [0.717, 1.165) is 46.5 Å². The third-order valence-corrected chi connectivity index (χ3v) is 20.1. The molecule has 1 fully saturated rings. The van der Waals surface area contributed by atoms with Gasteiger partial charge in [-0.15, -0.1) is 0 Å². The minimum Gasteiger partial charge on any atom is -0.748 e. The number of hydrogen-bond acceptors (Lipinski definition) is 19. The summed E-state index contributed by atoms with van der Waals surface area (Å²) in [6.07, 6.45) is 9.50. The molecule has 5 heterocycles. The van der Waals surface area contributed by atoms with E-state index in [1.54, 1.807) is 22.8 Å². The van der Waals surface area contributed by atoms with Gasteiger partial charge < -0.3 is 54.0 Å². The molecule has 4 aliphatic heterocycles. The molecule has 3 aromatic rings. The number of benzene rings is 2. The Balaban J connectivity index is 1.08. The summed E-state index contributed by atoms with van der Waals surface area (Å²) in [4.78, 5) is 79.7. The van der Waals surface area contributed by atoms with Gasteiger partial charge in [-0.2, -0.15) is 21.6 Å². The molecule has 0 bridgehead atoms. The van der Waals surface area contributed by atoms with E-state index in [1.165, 1.54) is 30.4 Å². The molecule has 1 aromatic heterocycles. The Kier molecular flexibility index (Phi) is 20.7. The first kappa shape index (κ1) is 68.9. The molecule has 4 aliphatic rings. The van der Waals surface area contributed by atoms with Crippen LogP contribution in [0.2, 0.25) is 0 Å². The fourth-order valence-corrected chi connectivity index (χ4v) is 14.8. The predicted octanol–water partition coefficient (Wildman–Crippen LogP) is 5.58. The first-order chi connectivity index (χ1) is 40.1. The van der Waals surface area contributed by atoms with Crippen molar-refractivity contribution in [1.82, 2.24) is 14.9 Å². The standard InChI is InChI=1S/C54H70N5O23P3S2/c1-9-59-41-29-42-38(28-37(41)33(2)30-53(59,6)7)34(26-45(79-42)52(3,4)5)16-11-10-12-18-44-54(8,39-27-36(87(75,76)77)20-21-40(39)57(44)24-15-25-86(72,73)74)22-13-19-46(60)55-23-14-17-35-31-58(51(64)56-49(35)63)50-48(62)47(61)43(80-50)32-78-84(68,69)82-85(70,71)81-83(65,66)67/h10-12,14,16-18,20-21,26-31,43,47-48,50,61-62H,9,13,15,19,22-25,32H2,1-8H3,(H7-,55,56,60,63,64,65,66,67,68,69,70,71,72,73,74,75,76,77)/b17-14+/t43-,47-,48-,50-,54?/m1/s1. The van der Waals surface area contributed by atoms with Gasteiger partial charge in [0.25, 0.3) is 15.7 Å². The van der Waals surface area contributed by atoms with E-state index in [2.05, 4.69) is 90.0 Å². The average Bonchev–Trinajstić information content (AvgIpc) is 1.73. The third kappa shape index (κ3) is 16.8. The Morgan fingerprint density at radius 3 is 2.29 bits per heavy atom. The fraction of sp³-hybridized carbons (Fsp3) is 0.444. The number of fused-ring (bicyclic) bond motifs is 3. The largest absolute Gasteiger partial charge is 0.748 e. The number of phosphoric acid groups is 3. The first-order valence-corrected chi connectivity index (χ1v) is 34.6. The van der Waals surface area contributed by atoms with Gasteiger partial charge in [0.1, 0.15) is 36.4 Å². The molecule has 0 saturated carbocycles. The van der Waals surface area contributed by atoms with Gasteiger partial charge >= 0.3 is 29.2 Å². The van der Waals surface area contributed by atoms with E-state index in [1.807, 2.05) is 30.1 Å². The molecule has 0 aliphatic carbocycles. The molecule has 476 valence electrons. The molecule has 1 saturated heterocycles. The maximum absolute atomic E-state index is 13.4. The fourth-order valence-electron chi connectivity index (χ4n) is 10.8. The highest BCUT2D eigenvalue weighted by molar-refractivity contribution is 7.86. The van der Waals surface area contributed by atoms with Crippen molar-refractivity contribution in [2.75, 3.05) is 36.9 Å². The number of rotatable bonds is 24. The number of aliphatic hydroxyl groups is 2. The number of amides is 1. The maximum Gasteiger partial charge on any atom is 0.490 e. The van der Waals surface area contributed by atoms with Crippen LogP contribution in [0.5, 0.6) is 5.75 Å². The van der Waals surface area contributed by atoms with E-state index in [-0.39, 0.29) is 55.3 Å². The Morgan fingerprint density at radius 2 is 1.64 bits per heavy atom. The lowest BCUT2D eigenvalue weighted by atomic mass is 9.75. The molecular weight excluding hydrogens is 1240 g/mol. The number of carbonyl (C=O) groups excluding carboxylic acids is 1. The van der Waals surface area contributed by atoms with Crippen molar-refractivity contribution >= 4 is 83.9 Å². The molecule has 33 heteroatoms. The Hall–Kier alpha value is -5.59. The van der Waals surface area contributed by atoms with Crippen molar-refractivity contribution < 1.29 is 101 Å². The van der Waals surface area contributed by atoms with Crippen molar-refractivity contribution in [2.24, 2.45) is 5.41 Å². The number of aliphatic hydroxyl groups excluding tert-OH is 2. The molecule has 0 spiro atoms. The van der Waals surface area contributed by atoms with Crippen LogP contribution in [0.15, 0.2) is 105 Å². The van der Waals surface area contributed by atoms with Gasteiger partial charge in [0.05, 0.1) is 38.1 Å². The highest BCUT2D eigenvalue weighted by Gasteiger charge is 2.49. The van der Waals surface area contributed by atoms with Crippen LogP contribution in [0.25, 0.3) is 17.2 Å². The predicted molar refractivity (Wildman–Crippen MR) is 317 cm³/mol. The minimum atomic E-state index is -5.90. The summed E-state index contributed by atoms with van der Waals surface area (Å²) in [5.41, 5.74) is 2.54. The van der Waals surface area contributed by atoms with E-state index < -0.39 is 108 Å². The normalized spacial score (nSPS) is 23.4. The van der Waals surface area contributed by atoms with Gasteiger partial charge in [0.15, 0.2) is 11.9 Å². The van der Waals surface area contributed by atoms with E-state index >= 15 is 0 Å². The van der Waals surface area contributed by atoms with Crippen LogP contribution in [0.4, 0.5) is 11.4 Å². The van der Waals surface area contributed by atoms with Gasteiger partial charge in [0.2, 0.25) is 11.6 Å². The van der Waals surface area contributed by atoms with Crippen LogP contribution in [-0.4, -0.2) is 137 Å². The molecule has 9 N–H and O–H groups in total. The number of likely N-dealkylation sites (N-methyl/N-ethyl adjacent to an activating group) is 1. The molecule has 87 heavy (non-hydrogen) atoms. The lowest BCUT2D eigenvalue weighted by molar-refractivity contribution is -0.437. The van der Waals surface area contributed by atoms with Crippen molar-refractivity contribution in [3.63, 3.8) is 0 Å². The topological polar surface area (TPSA) is 421 Å². The summed E-state index contributed by atoms with van der Waals surface area (Å²) in [6, 6.07) is 8.23. The zero-order valence-electron chi connectivity index (χ0n) is 48.5. The van der Waals surface area contributed by atoms with Crippen molar-refractivity contribution in [3.05, 3.63) is 134 Å². The molecule has 2 aromatic carbocycles. The summed E-state index contributed by atoms with van der Waals surface area (Å²) in [6.45, 7) is 16.0. The second kappa shape index (κ2) is 26.1. The average molecular weight is 1310 g/mol. The number of phosphoric ester groups is 1. The summed E-state index contributed by atoms with van der Waals surface area (Å²) < 4.78 is 132. The summed E-state index contributed by atoms with van der Waals surface area (Å²) >= 11 is 0. The number of ether oxygens (including phenoxy) is 2. The number of aromatic amines is 1. The van der Waals surface area contributed by atoms with Crippen LogP contribution >= 0.6 is 23.5 Å². The van der Waals surface area contributed by atoms with E-state index in [9.17, 15) is 74.0 Å². The number of nitrogens with one attached hydrogen (secondary N) is 2. The second-order valence-electron chi connectivity index (χ2n) is 22.7. The van der Waals surface area contributed by atoms with Gasteiger partial charge in [-0.05, 0) is 82.9 Å². The SMILES string of the molecule is CCN1c2cc3c(cc2C(C)=CC1(C)C)C(=CC=CC=CC1=[N+](CCCS(=O)(=O)[O-])c2ccc(S(=O)(=O)O)cc2C1(C)CCCC(=O)NC/C=C/c1cn([C@@H]2O[C@H](COP(=O)(O)OP(=O)(O)OP(=O)(O)O)[C@@H](O)[C@H]2O)c(=O)[nH]c1=O)C=C(C(C)(C)C)O3. The highest BCUT2D eigenvalue weighted by Crippen LogP contribution is 2.66. The van der Waals surface area contributed by atoms with Gasteiger partial charge in [-0.3, -0.25) is 28.2 Å². The molecule has 1 amide bonds. The van der Waals surface area contributed by atoms with Crippen molar-refractivity contribution in [3.8, 4) is 5.75 Å². The van der Waals surface area contributed by atoms with Crippen LogP contribution in [0.3, 0.4) is 0 Å². The Bertz CT molecular complexity index is 3950. The third-order valence-electron chi connectivity index (χ3n) is 14.7. The summed E-state index contributed by atoms with van der Waals surface area (Å²) in [5, 5.41) is 24.0. The highest BCUT2D eigenvalue weighted by atomic mass is 32.2. The summed E-state index contributed by atoms with van der Waals surface area (Å²) in [5.74, 6) is 0.300. The number of nitrogens with zero attached hydrogens (tertiary/aromatic N) is 3. The molecule has 7 atom stereocenters. The molecule has 0 radical (unpaired) electrons. The number of H-pyrrole nitrogens is 1. The van der Waals surface area contributed by atoms with Crippen LogP contribution < -0.4 is 26.2 Å². The number of allylic oxidation sites excluding steroid dienone is 9. The lowest BCUT2D eigenvalue weighted by Crippen LogP contribution is -2.45. The van der Waals surface area contributed by atoms with E-state index in [4.69, 9.17) is 19.3 Å². The van der Waals surface area contributed by atoms with Crippen LogP contribution in [0.1, 0.15) is 110 Å². The second-order valence-corrected chi connectivity index (χ2v) is 30.1. The first-order valence-electron chi connectivity index (χ1n) is 27.0. The number of carbonyl (C=O) groups is 1. The monoisotopic (exact) mass is 1310 g/mol. The molecular formula is C54H70N5O23P3S2. The quantitative estimate of drug-likeness (QED) is 0.0229. The van der Waals surface area contributed by atoms with E-state index in [0.29, 0.717) is 27.3 Å². The smallest absolute Gasteiger partial charge is 0.490 e.